The summed E-state index contributed by atoms with van der Waals surface area (Å²) in [5.41, 5.74) is 1.23. The number of aromatic hydroxyl groups is 1. The molecule has 0 aliphatic rings. The number of nitrogens with zero attached hydrogens (tertiary/aromatic N) is 1. The Morgan fingerprint density at radius 3 is 2.55 bits per heavy atom. The maximum absolute atomic E-state index is 9.29. The van der Waals surface area contributed by atoms with Crippen molar-refractivity contribution in [2.75, 3.05) is 0 Å². The number of rotatable bonds is 6. The summed E-state index contributed by atoms with van der Waals surface area (Å²) in [7, 11) is 0. The first-order valence-corrected chi connectivity index (χ1v) is 7.88. The van der Waals surface area contributed by atoms with Crippen LogP contribution in [0.1, 0.15) is 42.3 Å². The van der Waals surface area contributed by atoms with Crippen molar-refractivity contribution in [1.82, 2.24) is 10.3 Å². The van der Waals surface area contributed by atoms with Crippen molar-refractivity contribution in [3.8, 4) is 5.75 Å². The molecule has 108 valence electrons. The molecule has 1 heterocycles. The number of nitrogens with one attached hydrogen (secondary N) is 1. The van der Waals surface area contributed by atoms with Gasteiger partial charge in [0, 0.05) is 17.1 Å². The second-order valence-electron chi connectivity index (χ2n) is 5.18. The Morgan fingerprint density at radius 1 is 1.25 bits per heavy atom. The van der Waals surface area contributed by atoms with E-state index >= 15 is 0 Å². The van der Waals surface area contributed by atoms with Gasteiger partial charge in [-0.05, 0) is 44.4 Å². The summed E-state index contributed by atoms with van der Waals surface area (Å²) < 4.78 is 0. The van der Waals surface area contributed by atoms with E-state index in [4.69, 9.17) is 0 Å². The first-order chi connectivity index (χ1) is 9.58. The minimum Gasteiger partial charge on any atom is -0.508 e. The van der Waals surface area contributed by atoms with Gasteiger partial charge in [-0.15, -0.1) is 11.3 Å². The number of thiazole rings is 1. The molecule has 0 bridgehead atoms. The van der Waals surface area contributed by atoms with Crippen LogP contribution in [-0.2, 0) is 12.8 Å². The molecule has 1 aromatic carbocycles. The Labute approximate surface area is 124 Å². The summed E-state index contributed by atoms with van der Waals surface area (Å²) in [4.78, 5) is 5.81. The molecule has 20 heavy (non-hydrogen) atoms. The molecule has 1 aromatic heterocycles. The number of benzene rings is 1. The standard InChI is InChI=1S/C16H22N2OS/c1-4-15-10-17-16(20-15)12(3)18-11(2)9-13-5-7-14(19)8-6-13/h5-8,10-12,18-19H,4,9H2,1-3H3. The molecule has 2 rings (SSSR count). The second kappa shape index (κ2) is 6.86. The van der Waals surface area contributed by atoms with Crippen LogP contribution in [-0.4, -0.2) is 16.1 Å². The highest BCUT2D eigenvalue weighted by Crippen LogP contribution is 2.21. The molecule has 0 fully saturated rings. The molecule has 0 saturated heterocycles. The Hall–Kier alpha value is -1.39. The van der Waals surface area contributed by atoms with Crippen LogP contribution in [0.25, 0.3) is 0 Å². The van der Waals surface area contributed by atoms with E-state index in [-0.39, 0.29) is 6.04 Å². The van der Waals surface area contributed by atoms with Crippen molar-refractivity contribution >= 4 is 11.3 Å². The van der Waals surface area contributed by atoms with Crippen LogP contribution in [0.15, 0.2) is 30.5 Å². The van der Waals surface area contributed by atoms with Crippen molar-refractivity contribution < 1.29 is 5.11 Å². The van der Waals surface area contributed by atoms with Crippen LogP contribution in [0.2, 0.25) is 0 Å². The second-order valence-corrected chi connectivity index (χ2v) is 6.33. The van der Waals surface area contributed by atoms with Crippen LogP contribution in [0, 0.1) is 0 Å². The highest BCUT2D eigenvalue weighted by Gasteiger charge is 2.13. The normalized spacial score (nSPS) is 14.2. The summed E-state index contributed by atoms with van der Waals surface area (Å²) in [6.45, 7) is 6.49. The van der Waals surface area contributed by atoms with Gasteiger partial charge in [0.25, 0.3) is 0 Å². The number of aryl methyl sites for hydroxylation is 1. The monoisotopic (exact) mass is 290 g/mol. The first kappa shape index (κ1) is 15.0. The van der Waals surface area contributed by atoms with Gasteiger partial charge in [0.05, 0.1) is 6.04 Å². The molecule has 0 spiro atoms. The predicted molar refractivity (Wildman–Crippen MR) is 84.3 cm³/mol. The highest BCUT2D eigenvalue weighted by atomic mass is 32.1. The van der Waals surface area contributed by atoms with E-state index in [2.05, 4.69) is 31.1 Å². The molecule has 2 atom stereocenters. The lowest BCUT2D eigenvalue weighted by molar-refractivity contribution is 0.470. The van der Waals surface area contributed by atoms with E-state index in [0.29, 0.717) is 11.8 Å². The van der Waals surface area contributed by atoms with Crippen molar-refractivity contribution in [2.45, 2.75) is 45.7 Å². The fraction of sp³-hybridized carbons (Fsp3) is 0.438. The molecule has 2 unspecified atom stereocenters. The van der Waals surface area contributed by atoms with E-state index < -0.39 is 0 Å². The van der Waals surface area contributed by atoms with Gasteiger partial charge < -0.3 is 10.4 Å². The minimum absolute atomic E-state index is 0.271. The molecule has 0 radical (unpaired) electrons. The Balaban J connectivity index is 1.90. The van der Waals surface area contributed by atoms with Crippen molar-refractivity contribution in [3.63, 3.8) is 0 Å². The van der Waals surface area contributed by atoms with Gasteiger partial charge in [0.2, 0.25) is 0 Å². The Bertz CT molecular complexity index is 536. The number of hydrogen-bond donors (Lipinski definition) is 2. The maximum Gasteiger partial charge on any atom is 0.115 e. The molecule has 3 nitrogen and oxygen atoms in total. The van der Waals surface area contributed by atoms with Gasteiger partial charge in [-0.2, -0.15) is 0 Å². The molecular formula is C16H22N2OS. The number of aromatic nitrogens is 1. The van der Waals surface area contributed by atoms with Crippen LogP contribution in [0.4, 0.5) is 0 Å². The van der Waals surface area contributed by atoms with Gasteiger partial charge in [0.15, 0.2) is 0 Å². The van der Waals surface area contributed by atoms with E-state index in [9.17, 15) is 5.11 Å². The maximum atomic E-state index is 9.29. The van der Waals surface area contributed by atoms with E-state index in [0.717, 1.165) is 17.8 Å². The highest BCUT2D eigenvalue weighted by molar-refractivity contribution is 7.11. The van der Waals surface area contributed by atoms with Gasteiger partial charge in [-0.1, -0.05) is 19.1 Å². The van der Waals surface area contributed by atoms with Gasteiger partial charge in [-0.25, -0.2) is 4.98 Å². The van der Waals surface area contributed by atoms with Crippen molar-refractivity contribution in [3.05, 3.63) is 45.9 Å². The van der Waals surface area contributed by atoms with Crippen LogP contribution >= 0.6 is 11.3 Å². The largest absolute Gasteiger partial charge is 0.508 e. The molecule has 0 aliphatic heterocycles. The topological polar surface area (TPSA) is 45.2 Å². The summed E-state index contributed by atoms with van der Waals surface area (Å²) in [5, 5.41) is 14.0. The number of phenols is 1. The quantitative estimate of drug-likeness (QED) is 0.853. The lowest BCUT2D eigenvalue weighted by atomic mass is 10.1. The Kier molecular flexibility index (Phi) is 5.15. The fourth-order valence-electron chi connectivity index (χ4n) is 2.23. The van der Waals surface area contributed by atoms with Gasteiger partial charge in [-0.3, -0.25) is 0 Å². The molecule has 2 N–H and O–H groups in total. The van der Waals surface area contributed by atoms with E-state index in [1.807, 2.05) is 18.3 Å². The molecule has 4 heteroatoms. The average molecular weight is 290 g/mol. The van der Waals surface area contributed by atoms with Crippen molar-refractivity contribution in [1.29, 1.82) is 0 Å². The zero-order valence-electron chi connectivity index (χ0n) is 12.3. The van der Waals surface area contributed by atoms with Crippen LogP contribution in [0.5, 0.6) is 5.75 Å². The first-order valence-electron chi connectivity index (χ1n) is 7.07. The SMILES string of the molecule is CCc1cnc(C(C)NC(C)Cc2ccc(O)cc2)s1. The van der Waals surface area contributed by atoms with Gasteiger partial charge >= 0.3 is 0 Å². The van der Waals surface area contributed by atoms with E-state index in [1.54, 1.807) is 23.5 Å². The molecule has 0 aliphatic carbocycles. The lowest BCUT2D eigenvalue weighted by Gasteiger charge is -2.18. The molecule has 2 aromatic rings. The Morgan fingerprint density at radius 2 is 1.95 bits per heavy atom. The average Bonchev–Trinajstić information content (AvgIpc) is 2.90. The number of phenolic OH excluding ortho intramolecular Hbond substituents is 1. The smallest absolute Gasteiger partial charge is 0.115 e. The fourth-order valence-corrected chi connectivity index (χ4v) is 3.10. The zero-order chi connectivity index (χ0) is 14.5. The summed E-state index contributed by atoms with van der Waals surface area (Å²) in [5.74, 6) is 0.317. The zero-order valence-corrected chi connectivity index (χ0v) is 13.1. The lowest BCUT2D eigenvalue weighted by Crippen LogP contribution is -2.30. The third-order valence-electron chi connectivity index (χ3n) is 3.30. The van der Waals surface area contributed by atoms with Crippen LogP contribution < -0.4 is 5.32 Å². The van der Waals surface area contributed by atoms with Crippen molar-refractivity contribution in [2.24, 2.45) is 0 Å². The van der Waals surface area contributed by atoms with Crippen LogP contribution in [0.3, 0.4) is 0 Å². The summed E-state index contributed by atoms with van der Waals surface area (Å²) in [6.07, 6.45) is 3.97. The molecular weight excluding hydrogens is 268 g/mol. The molecule has 0 saturated carbocycles. The third-order valence-corrected chi connectivity index (χ3v) is 4.63. The number of hydrogen-bond acceptors (Lipinski definition) is 4. The third kappa shape index (κ3) is 4.05. The summed E-state index contributed by atoms with van der Waals surface area (Å²) >= 11 is 1.78. The van der Waals surface area contributed by atoms with E-state index in [1.165, 1.54) is 10.4 Å². The summed E-state index contributed by atoms with van der Waals surface area (Å²) in [6, 6.07) is 8.05. The van der Waals surface area contributed by atoms with Gasteiger partial charge in [0.1, 0.15) is 10.8 Å². The predicted octanol–water partition coefficient (Wildman–Crippen LogP) is 3.69. The molecule has 0 amide bonds. The minimum atomic E-state index is 0.271.